The van der Waals surface area contributed by atoms with Crippen LogP contribution in [0.4, 0.5) is 4.79 Å². The molecule has 0 saturated heterocycles. The predicted molar refractivity (Wildman–Crippen MR) is 92.2 cm³/mol. The Hall–Kier alpha value is -2.33. The second-order valence-electron chi connectivity index (χ2n) is 5.60. The molecule has 0 radical (unpaired) electrons. The van der Waals surface area contributed by atoms with Gasteiger partial charge in [0.2, 0.25) is 0 Å². The Morgan fingerprint density at radius 2 is 1.74 bits per heavy atom. The molecule has 0 unspecified atom stereocenters. The topological polar surface area (TPSA) is 52.6 Å². The van der Waals surface area contributed by atoms with E-state index in [0.717, 1.165) is 12.0 Å². The maximum absolute atomic E-state index is 12.3. The Kier molecular flexibility index (Phi) is 6.63. The molecule has 0 aliphatic rings. The number of nitrogens with one attached hydrogen (secondary N) is 1. The number of aryl methyl sites for hydroxylation is 1. The maximum atomic E-state index is 12.3. The smallest absolute Gasteiger partial charge is 0.317 e. The Labute approximate surface area is 137 Å². The fourth-order valence-corrected chi connectivity index (χ4v) is 2.36. The molecule has 0 spiro atoms. The Bertz CT molecular complexity index is 597. The number of amides is 2. The zero-order chi connectivity index (χ0) is 16.5. The van der Waals surface area contributed by atoms with E-state index in [0.29, 0.717) is 19.6 Å². The first-order valence-electron chi connectivity index (χ1n) is 7.92. The number of aliphatic hydroxyl groups is 1. The molecule has 2 rings (SSSR count). The van der Waals surface area contributed by atoms with Crippen molar-refractivity contribution >= 4 is 6.03 Å². The minimum absolute atomic E-state index is 0.0434. The van der Waals surface area contributed by atoms with Crippen LogP contribution in [-0.2, 0) is 13.0 Å². The van der Waals surface area contributed by atoms with Gasteiger partial charge in [-0.05, 0) is 24.5 Å². The summed E-state index contributed by atoms with van der Waals surface area (Å²) in [5.41, 5.74) is 3.48. The number of nitrogens with zero attached hydrogens (tertiary/aromatic N) is 1. The van der Waals surface area contributed by atoms with Crippen LogP contribution in [0, 0.1) is 6.92 Å². The van der Waals surface area contributed by atoms with E-state index >= 15 is 0 Å². The van der Waals surface area contributed by atoms with Gasteiger partial charge in [-0.1, -0.05) is 60.2 Å². The first-order chi connectivity index (χ1) is 11.2. The van der Waals surface area contributed by atoms with Gasteiger partial charge in [0.1, 0.15) is 0 Å². The Morgan fingerprint density at radius 3 is 2.39 bits per heavy atom. The van der Waals surface area contributed by atoms with E-state index in [2.05, 4.69) is 36.5 Å². The summed E-state index contributed by atoms with van der Waals surface area (Å²) in [5, 5.41) is 12.1. The quantitative estimate of drug-likeness (QED) is 0.826. The lowest BCUT2D eigenvalue weighted by Gasteiger charge is -2.22. The van der Waals surface area contributed by atoms with E-state index in [1.165, 1.54) is 11.1 Å². The summed E-state index contributed by atoms with van der Waals surface area (Å²) in [7, 11) is 0. The highest BCUT2D eigenvalue weighted by Crippen LogP contribution is 2.05. The number of hydrogen-bond acceptors (Lipinski definition) is 2. The first kappa shape index (κ1) is 17.0. The highest BCUT2D eigenvalue weighted by molar-refractivity contribution is 5.74. The third kappa shape index (κ3) is 5.75. The van der Waals surface area contributed by atoms with Crippen molar-refractivity contribution in [2.45, 2.75) is 19.9 Å². The summed E-state index contributed by atoms with van der Waals surface area (Å²) in [4.78, 5) is 13.9. The van der Waals surface area contributed by atoms with Gasteiger partial charge in [-0.25, -0.2) is 4.79 Å². The zero-order valence-corrected chi connectivity index (χ0v) is 13.5. The van der Waals surface area contributed by atoms with E-state index in [9.17, 15) is 9.90 Å². The second-order valence-corrected chi connectivity index (χ2v) is 5.60. The van der Waals surface area contributed by atoms with Crippen LogP contribution in [0.2, 0.25) is 0 Å². The molecule has 0 aromatic heterocycles. The largest absolute Gasteiger partial charge is 0.395 e. The van der Waals surface area contributed by atoms with Gasteiger partial charge in [0.25, 0.3) is 0 Å². The molecule has 4 heteroatoms. The molecule has 0 bridgehead atoms. The highest BCUT2D eigenvalue weighted by atomic mass is 16.3. The van der Waals surface area contributed by atoms with Gasteiger partial charge in [0.15, 0.2) is 0 Å². The fourth-order valence-electron chi connectivity index (χ4n) is 2.36. The van der Waals surface area contributed by atoms with Crippen LogP contribution in [0.3, 0.4) is 0 Å². The minimum Gasteiger partial charge on any atom is -0.395 e. The van der Waals surface area contributed by atoms with Crippen LogP contribution < -0.4 is 5.32 Å². The molecule has 4 nitrogen and oxygen atoms in total. The number of benzene rings is 2. The summed E-state index contributed by atoms with van der Waals surface area (Å²) in [6.07, 6.45) is 0.796. The average molecular weight is 312 g/mol. The van der Waals surface area contributed by atoms with Crippen LogP contribution in [-0.4, -0.2) is 35.7 Å². The molecular formula is C19H24N2O2. The lowest BCUT2D eigenvalue weighted by molar-refractivity contribution is 0.174. The number of carbonyl (C=O) groups is 1. The third-order valence-corrected chi connectivity index (χ3v) is 3.68. The van der Waals surface area contributed by atoms with Crippen molar-refractivity contribution in [2.75, 3.05) is 19.7 Å². The molecule has 0 aliphatic heterocycles. The lowest BCUT2D eigenvalue weighted by Crippen LogP contribution is -2.41. The number of aliphatic hydroxyl groups excluding tert-OH is 1. The van der Waals surface area contributed by atoms with Gasteiger partial charge in [-0.15, -0.1) is 0 Å². The molecule has 0 saturated carbocycles. The number of urea groups is 1. The van der Waals surface area contributed by atoms with Gasteiger partial charge in [-0.2, -0.15) is 0 Å². The third-order valence-electron chi connectivity index (χ3n) is 3.68. The molecular weight excluding hydrogens is 288 g/mol. The van der Waals surface area contributed by atoms with Crippen molar-refractivity contribution in [3.63, 3.8) is 0 Å². The molecule has 23 heavy (non-hydrogen) atoms. The average Bonchev–Trinajstić information content (AvgIpc) is 2.57. The van der Waals surface area contributed by atoms with Gasteiger partial charge in [0.05, 0.1) is 6.61 Å². The summed E-state index contributed by atoms with van der Waals surface area (Å²) >= 11 is 0. The summed E-state index contributed by atoms with van der Waals surface area (Å²) < 4.78 is 0. The summed E-state index contributed by atoms with van der Waals surface area (Å²) in [6, 6.07) is 18.0. The predicted octanol–water partition coefficient (Wildman–Crippen LogP) is 2.74. The molecule has 0 aliphatic carbocycles. The number of rotatable bonds is 7. The van der Waals surface area contributed by atoms with E-state index in [4.69, 9.17) is 0 Å². The standard InChI is InChI=1S/C19H24N2O2/c1-16-7-9-17(10-8-16)11-12-20-19(23)21(13-14-22)15-18-5-3-2-4-6-18/h2-10,22H,11-15H2,1H3,(H,20,23). The van der Waals surface area contributed by atoms with Crippen LogP contribution in [0.25, 0.3) is 0 Å². The van der Waals surface area contributed by atoms with Crippen molar-refractivity contribution in [3.8, 4) is 0 Å². The molecule has 2 aromatic rings. The van der Waals surface area contributed by atoms with Crippen molar-refractivity contribution in [3.05, 3.63) is 71.3 Å². The molecule has 122 valence electrons. The van der Waals surface area contributed by atoms with Crippen LogP contribution >= 0.6 is 0 Å². The van der Waals surface area contributed by atoms with Gasteiger partial charge in [0, 0.05) is 19.6 Å². The fraction of sp³-hybridized carbons (Fsp3) is 0.316. The van der Waals surface area contributed by atoms with Gasteiger partial charge in [-0.3, -0.25) is 0 Å². The molecule has 0 fully saturated rings. The SMILES string of the molecule is Cc1ccc(CCNC(=O)N(CCO)Cc2ccccc2)cc1. The number of hydrogen-bond donors (Lipinski definition) is 2. The first-order valence-corrected chi connectivity index (χ1v) is 7.92. The van der Waals surface area contributed by atoms with Crippen molar-refractivity contribution < 1.29 is 9.90 Å². The molecule has 0 heterocycles. The normalized spacial score (nSPS) is 10.3. The van der Waals surface area contributed by atoms with Gasteiger partial charge < -0.3 is 15.3 Å². The maximum Gasteiger partial charge on any atom is 0.317 e. The van der Waals surface area contributed by atoms with Crippen molar-refractivity contribution in [2.24, 2.45) is 0 Å². The Balaban J connectivity index is 1.84. The minimum atomic E-state index is -0.144. The molecule has 2 aromatic carbocycles. The number of carbonyl (C=O) groups excluding carboxylic acids is 1. The monoisotopic (exact) mass is 312 g/mol. The second kappa shape index (κ2) is 8.96. The molecule has 2 N–H and O–H groups in total. The van der Waals surface area contributed by atoms with E-state index < -0.39 is 0 Å². The van der Waals surface area contributed by atoms with E-state index in [1.54, 1.807) is 4.90 Å². The molecule has 0 atom stereocenters. The van der Waals surface area contributed by atoms with Crippen LogP contribution in [0.15, 0.2) is 54.6 Å². The van der Waals surface area contributed by atoms with Crippen molar-refractivity contribution in [1.82, 2.24) is 10.2 Å². The highest BCUT2D eigenvalue weighted by Gasteiger charge is 2.12. The van der Waals surface area contributed by atoms with Gasteiger partial charge >= 0.3 is 6.03 Å². The lowest BCUT2D eigenvalue weighted by atomic mass is 10.1. The molecule has 2 amide bonds. The Morgan fingerprint density at radius 1 is 1.04 bits per heavy atom. The van der Waals surface area contributed by atoms with E-state index in [-0.39, 0.29) is 12.6 Å². The van der Waals surface area contributed by atoms with Crippen LogP contribution in [0.5, 0.6) is 0 Å². The zero-order valence-electron chi connectivity index (χ0n) is 13.5. The van der Waals surface area contributed by atoms with E-state index in [1.807, 2.05) is 30.3 Å². The van der Waals surface area contributed by atoms with Crippen molar-refractivity contribution in [1.29, 1.82) is 0 Å². The van der Waals surface area contributed by atoms with Crippen LogP contribution in [0.1, 0.15) is 16.7 Å². The summed E-state index contributed by atoms with van der Waals surface area (Å²) in [5.74, 6) is 0. The summed E-state index contributed by atoms with van der Waals surface area (Å²) in [6.45, 7) is 3.42.